The van der Waals surface area contributed by atoms with Crippen molar-refractivity contribution in [1.82, 2.24) is 4.98 Å². The van der Waals surface area contributed by atoms with Crippen LogP contribution in [0.5, 0.6) is 0 Å². The summed E-state index contributed by atoms with van der Waals surface area (Å²) in [6.45, 7) is 0. The van der Waals surface area contributed by atoms with Crippen LogP contribution in [0.4, 0.5) is 0 Å². The third-order valence-corrected chi connectivity index (χ3v) is 2.27. The molecule has 2 aromatic rings. The SMILES string of the molecule is O=C(Cl)c1ccc2nc(I)oc2c1. The second-order valence-electron chi connectivity index (χ2n) is 2.42. The molecule has 1 heterocycles. The molecule has 3 nitrogen and oxygen atoms in total. The van der Waals surface area contributed by atoms with Gasteiger partial charge in [-0.15, -0.1) is 0 Å². The van der Waals surface area contributed by atoms with Crippen molar-refractivity contribution in [1.29, 1.82) is 0 Å². The normalized spacial score (nSPS) is 10.6. The zero-order valence-electron chi connectivity index (χ0n) is 6.25. The summed E-state index contributed by atoms with van der Waals surface area (Å²) in [6.07, 6.45) is 0. The molecule has 13 heavy (non-hydrogen) atoms. The molecule has 2 rings (SSSR count). The number of benzene rings is 1. The summed E-state index contributed by atoms with van der Waals surface area (Å²) in [4.78, 5) is 14.9. The lowest BCUT2D eigenvalue weighted by molar-refractivity contribution is 0.108. The van der Waals surface area contributed by atoms with Gasteiger partial charge in [-0.2, -0.15) is 0 Å². The van der Waals surface area contributed by atoms with E-state index in [2.05, 4.69) is 4.98 Å². The molecule has 5 heteroatoms. The summed E-state index contributed by atoms with van der Waals surface area (Å²) in [5.41, 5.74) is 1.73. The second-order valence-corrected chi connectivity index (χ2v) is 3.69. The van der Waals surface area contributed by atoms with Gasteiger partial charge in [-0.1, -0.05) is 0 Å². The minimum absolute atomic E-state index is 0.418. The van der Waals surface area contributed by atoms with E-state index in [-0.39, 0.29) is 0 Å². The standard InChI is InChI=1S/C8H3ClINO2/c9-7(12)4-1-2-5-6(3-4)13-8(10)11-5/h1-3H. The molecule has 0 fully saturated rings. The van der Waals surface area contributed by atoms with Crippen molar-refractivity contribution in [3.63, 3.8) is 0 Å². The number of aromatic nitrogens is 1. The van der Waals surface area contributed by atoms with E-state index in [9.17, 15) is 4.79 Å². The van der Waals surface area contributed by atoms with Gasteiger partial charge < -0.3 is 4.42 Å². The first-order valence-electron chi connectivity index (χ1n) is 3.43. The van der Waals surface area contributed by atoms with E-state index in [0.29, 0.717) is 15.0 Å². The van der Waals surface area contributed by atoms with Crippen molar-refractivity contribution in [3.8, 4) is 0 Å². The maximum absolute atomic E-state index is 10.8. The van der Waals surface area contributed by atoms with Gasteiger partial charge in [0.15, 0.2) is 5.58 Å². The summed E-state index contributed by atoms with van der Waals surface area (Å²) in [7, 11) is 0. The zero-order valence-corrected chi connectivity index (χ0v) is 9.17. The molecule has 0 spiro atoms. The van der Waals surface area contributed by atoms with Crippen LogP contribution in [-0.2, 0) is 0 Å². The van der Waals surface area contributed by atoms with Gasteiger partial charge in [0, 0.05) is 28.2 Å². The van der Waals surface area contributed by atoms with Gasteiger partial charge in [-0.25, -0.2) is 4.98 Å². The molecule has 0 saturated carbocycles. The molecule has 0 N–H and O–H groups in total. The molecule has 1 aromatic heterocycles. The average Bonchev–Trinajstić information content (AvgIpc) is 2.42. The Labute approximate surface area is 92.2 Å². The fourth-order valence-electron chi connectivity index (χ4n) is 1.02. The number of carbonyl (C=O) groups is 1. The predicted molar refractivity (Wildman–Crippen MR) is 56.9 cm³/mol. The van der Waals surface area contributed by atoms with Gasteiger partial charge in [0.1, 0.15) is 5.52 Å². The van der Waals surface area contributed by atoms with Crippen LogP contribution < -0.4 is 0 Å². The molecule has 0 unspecified atom stereocenters. The molecule has 0 atom stereocenters. The minimum atomic E-state index is -0.492. The van der Waals surface area contributed by atoms with E-state index in [1.54, 1.807) is 18.2 Å². The quantitative estimate of drug-likeness (QED) is 0.601. The Morgan fingerprint density at radius 1 is 1.54 bits per heavy atom. The van der Waals surface area contributed by atoms with Crippen LogP contribution in [-0.4, -0.2) is 10.2 Å². The fourth-order valence-corrected chi connectivity index (χ4v) is 1.63. The molecule has 0 radical (unpaired) electrons. The van der Waals surface area contributed by atoms with Crippen molar-refractivity contribution in [2.45, 2.75) is 0 Å². The Balaban J connectivity index is 2.67. The van der Waals surface area contributed by atoms with Crippen molar-refractivity contribution >= 4 is 50.5 Å². The number of oxazole rings is 1. The lowest BCUT2D eigenvalue weighted by Gasteiger charge is -1.90. The number of rotatable bonds is 1. The molecular formula is C8H3ClINO2. The van der Waals surface area contributed by atoms with E-state index >= 15 is 0 Å². The van der Waals surface area contributed by atoms with Crippen LogP contribution in [0.3, 0.4) is 0 Å². The molecular weight excluding hydrogens is 304 g/mol. The lowest BCUT2D eigenvalue weighted by Crippen LogP contribution is -1.86. The smallest absolute Gasteiger partial charge is 0.258 e. The first-order chi connectivity index (χ1) is 6.16. The Morgan fingerprint density at radius 2 is 2.31 bits per heavy atom. The van der Waals surface area contributed by atoms with E-state index in [1.165, 1.54) is 0 Å². The van der Waals surface area contributed by atoms with Crippen LogP contribution in [0.25, 0.3) is 11.1 Å². The van der Waals surface area contributed by atoms with Crippen LogP contribution >= 0.6 is 34.2 Å². The monoisotopic (exact) mass is 307 g/mol. The molecule has 0 saturated heterocycles. The predicted octanol–water partition coefficient (Wildman–Crippen LogP) is 2.81. The third kappa shape index (κ3) is 1.68. The van der Waals surface area contributed by atoms with Crippen molar-refractivity contribution in [2.24, 2.45) is 0 Å². The molecule has 0 amide bonds. The maximum atomic E-state index is 10.8. The molecule has 0 aliphatic rings. The maximum Gasteiger partial charge on any atom is 0.258 e. The minimum Gasteiger partial charge on any atom is -0.432 e. The molecule has 0 aliphatic heterocycles. The largest absolute Gasteiger partial charge is 0.432 e. The summed E-state index contributed by atoms with van der Waals surface area (Å²) in [5, 5.41) is -0.492. The van der Waals surface area contributed by atoms with Gasteiger partial charge in [-0.3, -0.25) is 4.79 Å². The topological polar surface area (TPSA) is 43.1 Å². The highest BCUT2D eigenvalue weighted by Crippen LogP contribution is 2.19. The Bertz CT molecular complexity index is 480. The van der Waals surface area contributed by atoms with Gasteiger partial charge in [0.05, 0.1) is 0 Å². The summed E-state index contributed by atoms with van der Waals surface area (Å²) in [5.74, 6) is 0. The van der Waals surface area contributed by atoms with Crippen molar-refractivity contribution in [2.75, 3.05) is 0 Å². The summed E-state index contributed by atoms with van der Waals surface area (Å²) < 4.78 is 5.77. The van der Waals surface area contributed by atoms with E-state index in [0.717, 1.165) is 5.52 Å². The highest BCUT2D eigenvalue weighted by atomic mass is 127. The zero-order chi connectivity index (χ0) is 9.42. The van der Waals surface area contributed by atoms with Crippen molar-refractivity contribution in [3.05, 3.63) is 27.7 Å². The molecule has 0 aliphatic carbocycles. The molecule has 1 aromatic carbocycles. The Kier molecular flexibility index (Phi) is 2.25. The van der Waals surface area contributed by atoms with E-state index in [4.69, 9.17) is 16.0 Å². The lowest BCUT2D eigenvalue weighted by atomic mass is 10.2. The van der Waals surface area contributed by atoms with Crippen LogP contribution in [0.15, 0.2) is 22.6 Å². The van der Waals surface area contributed by atoms with Gasteiger partial charge in [0.2, 0.25) is 0 Å². The van der Waals surface area contributed by atoms with Crippen LogP contribution in [0.1, 0.15) is 10.4 Å². The number of fused-ring (bicyclic) bond motifs is 1. The molecule has 0 bridgehead atoms. The average molecular weight is 307 g/mol. The second kappa shape index (κ2) is 3.26. The number of carbonyl (C=O) groups excluding carboxylic acids is 1. The highest BCUT2D eigenvalue weighted by Gasteiger charge is 2.06. The Hall–Kier alpha value is -0.620. The fraction of sp³-hybridized carbons (Fsp3) is 0. The summed E-state index contributed by atoms with van der Waals surface area (Å²) in [6, 6.07) is 4.91. The van der Waals surface area contributed by atoms with Crippen molar-refractivity contribution < 1.29 is 9.21 Å². The molecule has 66 valence electrons. The van der Waals surface area contributed by atoms with Gasteiger partial charge >= 0.3 is 0 Å². The van der Waals surface area contributed by atoms with E-state index in [1.807, 2.05) is 22.6 Å². The van der Waals surface area contributed by atoms with Gasteiger partial charge in [0.25, 0.3) is 9.14 Å². The highest BCUT2D eigenvalue weighted by molar-refractivity contribution is 14.1. The van der Waals surface area contributed by atoms with Crippen LogP contribution in [0, 0.1) is 3.90 Å². The third-order valence-electron chi connectivity index (χ3n) is 1.59. The first kappa shape index (κ1) is 8.96. The first-order valence-corrected chi connectivity index (χ1v) is 4.88. The van der Waals surface area contributed by atoms with Crippen LogP contribution in [0.2, 0.25) is 0 Å². The number of hydrogen-bond acceptors (Lipinski definition) is 3. The van der Waals surface area contributed by atoms with E-state index < -0.39 is 5.24 Å². The summed E-state index contributed by atoms with van der Waals surface area (Å²) >= 11 is 7.27. The number of nitrogens with zero attached hydrogens (tertiary/aromatic N) is 1. The van der Waals surface area contributed by atoms with Gasteiger partial charge in [-0.05, 0) is 29.8 Å². The Morgan fingerprint density at radius 3 is 3.00 bits per heavy atom. The number of halogens is 2. The number of hydrogen-bond donors (Lipinski definition) is 0.